The highest BCUT2D eigenvalue weighted by Gasteiger charge is 2.80. The zero-order valence-corrected chi connectivity index (χ0v) is 18.3. The molecule has 1 aliphatic heterocycles. The van der Waals surface area contributed by atoms with Crippen molar-refractivity contribution in [3.63, 3.8) is 0 Å². The maximum absolute atomic E-state index is 9.10. The van der Waals surface area contributed by atoms with E-state index in [-0.39, 0.29) is 5.60 Å². The summed E-state index contributed by atoms with van der Waals surface area (Å²) in [4.78, 5) is 18.2. The van der Waals surface area contributed by atoms with Gasteiger partial charge in [-0.05, 0) is 86.2 Å². The number of carboxylic acids is 2. The Kier molecular flexibility index (Phi) is 4.67. The van der Waals surface area contributed by atoms with Gasteiger partial charge in [0.2, 0.25) is 0 Å². The van der Waals surface area contributed by atoms with Gasteiger partial charge in [-0.3, -0.25) is 0 Å². The van der Waals surface area contributed by atoms with Gasteiger partial charge in [-0.25, -0.2) is 9.59 Å². The van der Waals surface area contributed by atoms with Gasteiger partial charge in [0.05, 0.1) is 18.6 Å². The van der Waals surface area contributed by atoms with Crippen LogP contribution in [0.5, 0.6) is 0 Å². The molecule has 0 amide bonds. The first kappa shape index (κ1) is 20.8. The molecular weight excluding hydrogens is 396 g/mol. The lowest BCUT2D eigenvalue weighted by Crippen LogP contribution is -2.55. The first-order chi connectivity index (χ1) is 14.7. The molecule has 6 nitrogen and oxygen atoms in total. The smallest absolute Gasteiger partial charge is 0.414 e. The van der Waals surface area contributed by atoms with Crippen molar-refractivity contribution in [1.29, 1.82) is 0 Å². The molecule has 6 heteroatoms. The van der Waals surface area contributed by atoms with Crippen LogP contribution >= 0.6 is 0 Å². The van der Waals surface area contributed by atoms with Gasteiger partial charge in [-0.15, -0.1) is 0 Å². The number of furan rings is 1. The van der Waals surface area contributed by atoms with Gasteiger partial charge >= 0.3 is 11.9 Å². The molecule has 0 unspecified atom stereocenters. The Bertz CT molecular complexity index is 906. The minimum absolute atomic E-state index is 0.170. The van der Waals surface area contributed by atoms with E-state index in [2.05, 4.69) is 26.0 Å². The van der Waals surface area contributed by atoms with Gasteiger partial charge in [0.1, 0.15) is 5.60 Å². The number of hydrogen-bond donors (Lipinski definition) is 2. The van der Waals surface area contributed by atoms with Crippen LogP contribution in [-0.4, -0.2) is 33.9 Å². The number of aliphatic carboxylic acids is 2. The second-order valence-electron chi connectivity index (χ2n) is 10.6. The molecule has 2 N–H and O–H groups in total. The van der Waals surface area contributed by atoms with Crippen molar-refractivity contribution in [2.45, 2.75) is 82.8 Å². The van der Waals surface area contributed by atoms with E-state index < -0.39 is 11.9 Å². The topological polar surface area (TPSA) is 100 Å². The molecule has 0 aromatic carbocycles. The van der Waals surface area contributed by atoms with Crippen LogP contribution in [0.15, 0.2) is 34.7 Å². The standard InChI is InChI=1S/C23H30O2.C2H2O4/c1-21-10-4-3-5-16(21)6-7-18-17(21)8-11-22(2)19(15-9-12-24-14-15)13-20-23(18,22)25-20;3-1(4)2(5)6/h5,9,12,14,17-20H,3-4,6-8,10-11,13H2,1-2H3;(H,3,4)(H,5,6)/t17-,18+,19+,20+,21-,22+,23+;/m0./s1. The molecule has 31 heavy (non-hydrogen) atoms. The lowest BCUT2D eigenvalue weighted by molar-refractivity contribution is -0.159. The Morgan fingerprint density at radius 3 is 2.55 bits per heavy atom. The number of allylic oxidation sites excluding steroid dienone is 2. The molecule has 1 aromatic heterocycles. The normalized spacial score (nSPS) is 44.4. The van der Waals surface area contributed by atoms with Crippen LogP contribution in [0.25, 0.3) is 0 Å². The van der Waals surface area contributed by atoms with Crippen LogP contribution in [-0.2, 0) is 14.3 Å². The van der Waals surface area contributed by atoms with E-state index in [0.29, 0.717) is 22.9 Å². The molecule has 4 aliphatic carbocycles. The third kappa shape index (κ3) is 2.80. The van der Waals surface area contributed by atoms with E-state index in [0.717, 1.165) is 11.8 Å². The number of epoxide rings is 1. The maximum atomic E-state index is 9.10. The number of rotatable bonds is 1. The summed E-state index contributed by atoms with van der Waals surface area (Å²) in [5, 5.41) is 14.8. The summed E-state index contributed by atoms with van der Waals surface area (Å²) in [6.45, 7) is 5.14. The third-order valence-electron chi connectivity index (χ3n) is 9.58. The van der Waals surface area contributed by atoms with E-state index in [4.69, 9.17) is 29.0 Å². The van der Waals surface area contributed by atoms with Crippen LogP contribution in [0.2, 0.25) is 0 Å². The zero-order chi connectivity index (χ0) is 22.0. The molecule has 3 saturated carbocycles. The van der Waals surface area contributed by atoms with Crippen LogP contribution < -0.4 is 0 Å². The predicted molar refractivity (Wildman–Crippen MR) is 113 cm³/mol. The summed E-state index contributed by atoms with van der Waals surface area (Å²) in [5.41, 5.74) is 4.14. The van der Waals surface area contributed by atoms with Crippen molar-refractivity contribution in [3.8, 4) is 0 Å². The molecule has 1 aromatic rings. The minimum atomic E-state index is -1.82. The quantitative estimate of drug-likeness (QED) is 0.371. The summed E-state index contributed by atoms with van der Waals surface area (Å²) < 4.78 is 12.1. The van der Waals surface area contributed by atoms with Crippen molar-refractivity contribution in [3.05, 3.63) is 35.8 Å². The molecule has 7 atom stereocenters. The zero-order valence-electron chi connectivity index (χ0n) is 18.3. The lowest BCUT2D eigenvalue weighted by Gasteiger charge is -2.58. The minimum Gasteiger partial charge on any atom is -0.473 e. The predicted octanol–water partition coefficient (Wildman–Crippen LogP) is 5.00. The van der Waals surface area contributed by atoms with Gasteiger partial charge in [0.25, 0.3) is 0 Å². The summed E-state index contributed by atoms with van der Waals surface area (Å²) >= 11 is 0. The van der Waals surface area contributed by atoms with Gasteiger partial charge in [0.15, 0.2) is 0 Å². The first-order valence-electron chi connectivity index (χ1n) is 11.6. The summed E-state index contributed by atoms with van der Waals surface area (Å²) in [5.74, 6) is -1.41. The summed E-state index contributed by atoms with van der Waals surface area (Å²) in [7, 11) is 0. The molecule has 1 saturated heterocycles. The Labute approximate surface area is 182 Å². The summed E-state index contributed by atoms with van der Waals surface area (Å²) in [6, 6.07) is 2.20. The molecule has 1 spiro atoms. The molecule has 6 rings (SSSR count). The Morgan fingerprint density at radius 2 is 1.87 bits per heavy atom. The van der Waals surface area contributed by atoms with E-state index in [1.807, 2.05) is 12.5 Å². The highest BCUT2D eigenvalue weighted by atomic mass is 16.6. The van der Waals surface area contributed by atoms with E-state index >= 15 is 0 Å². The molecule has 0 radical (unpaired) electrons. The average molecular weight is 429 g/mol. The van der Waals surface area contributed by atoms with Gasteiger partial charge in [0, 0.05) is 5.41 Å². The van der Waals surface area contributed by atoms with Crippen molar-refractivity contribution in [1.82, 2.24) is 0 Å². The molecular formula is C25H32O6. The number of carbonyl (C=O) groups is 2. The van der Waals surface area contributed by atoms with Crippen molar-refractivity contribution in [2.24, 2.45) is 22.7 Å². The van der Waals surface area contributed by atoms with E-state index in [9.17, 15) is 0 Å². The number of ether oxygens (including phenoxy) is 1. The van der Waals surface area contributed by atoms with Crippen molar-refractivity contribution < 1.29 is 29.0 Å². The molecule has 4 fully saturated rings. The summed E-state index contributed by atoms with van der Waals surface area (Å²) in [6.07, 6.45) is 17.6. The van der Waals surface area contributed by atoms with Crippen LogP contribution in [0, 0.1) is 22.7 Å². The average Bonchev–Trinajstić information content (AvgIpc) is 3.08. The Balaban J connectivity index is 0.000000303. The molecule has 168 valence electrons. The van der Waals surface area contributed by atoms with E-state index in [1.54, 1.807) is 5.57 Å². The lowest BCUT2D eigenvalue weighted by atomic mass is 9.46. The number of hydrogen-bond acceptors (Lipinski definition) is 4. The highest BCUT2D eigenvalue weighted by molar-refractivity contribution is 6.27. The van der Waals surface area contributed by atoms with Gasteiger partial charge in [-0.2, -0.15) is 0 Å². The van der Waals surface area contributed by atoms with Gasteiger partial charge in [-0.1, -0.05) is 25.5 Å². The van der Waals surface area contributed by atoms with Crippen LogP contribution in [0.3, 0.4) is 0 Å². The fourth-order valence-corrected chi connectivity index (χ4v) is 8.17. The van der Waals surface area contributed by atoms with Crippen molar-refractivity contribution >= 4 is 11.9 Å². The maximum Gasteiger partial charge on any atom is 0.414 e. The first-order valence-corrected chi connectivity index (χ1v) is 11.6. The Morgan fingerprint density at radius 1 is 1.10 bits per heavy atom. The van der Waals surface area contributed by atoms with Gasteiger partial charge < -0.3 is 19.4 Å². The third-order valence-corrected chi connectivity index (χ3v) is 9.58. The number of carboxylic acid groups (broad SMARTS) is 2. The fourth-order valence-electron chi connectivity index (χ4n) is 8.17. The second-order valence-corrected chi connectivity index (χ2v) is 10.6. The highest BCUT2D eigenvalue weighted by Crippen LogP contribution is 2.77. The molecule has 5 aliphatic rings. The number of fused-ring (bicyclic) bond motifs is 3. The van der Waals surface area contributed by atoms with Crippen LogP contribution in [0.4, 0.5) is 0 Å². The van der Waals surface area contributed by atoms with Crippen molar-refractivity contribution in [2.75, 3.05) is 0 Å². The van der Waals surface area contributed by atoms with Crippen LogP contribution in [0.1, 0.15) is 76.7 Å². The SMILES string of the molecule is C[C@]12CCCC=C1CC[C@@H]1[C@@H]2CC[C@]2(C)[C@@H](c3ccoc3)C[C@H]3O[C@]132.O=C(O)C(=O)O. The fraction of sp³-hybridized carbons (Fsp3) is 0.680. The monoisotopic (exact) mass is 428 g/mol. The largest absolute Gasteiger partial charge is 0.473 e. The molecule has 0 bridgehead atoms. The second kappa shape index (κ2) is 6.96. The van der Waals surface area contributed by atoms with E-state index in [1.165, 1.54) is 56.9 Å². The molecule has 2 heterocycles. The Hall–Kier alpha value is -2.08.